The topological polar surface area (TPSA) is 45.5 Å². The van der Waals surface area contributed by atoms with E-state index in [1.165, 1.54) is 0 Å². The number of nitriles is 1. The van der Waals surface area contributed by atoms with E-state index in [1.807, 2.05) is 49.5 Å². The quantitative estimate of drug-likeness (QED) is 0.821. The SMILES string of the molecule is COc1ccc(CN(C)Cc2ccccc2C#N)c(OC)c1. The van der Waals surface area contributed by atoms with Crippen molar-refractivity contribution in [2.45, 2.75) is 13.1 Å². The largest absolute Gasteiger partial charge is 0.497 e. The van der Waals surface area contributed by atoms with E-state index >= 15 is 0 Å². The lowest BCUT2D eigenvalue weighted by Gasteiger charge is -2.19. The first kappa shape index (κ1) is 15.9. The van der Waals surface area contributed by atoms with Crippen LogP contribution in [0.3, 0.4) is 0 Å². The van der Waals surface area contributed by atoms with Gasteiger partial charge in [0, 0.05) is 24.7 Å². The Hall–Kier alpha value is -2.51. The molecule has 0 aliphatic heterocycles. The van der Waals surface area contributed by atoms with Crippen molar-refractivity contribution in [2.75, 3.05) is 21.3 Å². The van der Waals surface area contributed by atoms with Crippen LogP contribution in [0.25, 0.3) is 0 Å². The van der Waals surface area contributed by atoms with Crippen LogP contribution in [0.15, 0.2) is 42.5 Å². The third-order valence-electron chi connectivity index (χ3n) is 3.51. The molecule has 0 heterocycles. The number of nitrogens with zero attached hydrogens (tertiary/aromatic N) is 2. The second-order valence-corrected chi connectivity index (χ2v) is 5.12. The van der Waals surface area contributed by atoms with Crippen LogP contribution in [0.2, 0.25) is 0 Å². The van der Waals surface area contributed by atoms with Crippen LogP contribution < -0.4 is 9.47 Å². The van der Waals surface area contributed by atoms with Gasteiger partial charge in [-0.15, -0.1) is 0 Å². The van der Waals surface area contributed by atoms with Gasteiger partial charge in [0.25, 0.3) is 0 Å². The average Bonchev–Trinajstić information content (AvgIpc) is 2.55. The predicted molar refractivity (Wildman–Crippen MR) is 85.9 cm³/mol. The summed E-state index contributed by atoms with van der Waals surface area (Å²) < 4.78 is 10.6. The summed E-state index contributed by atoms with van der Waals surface area (Å²) in [4.78, 5) is 2.15. The van der Waals surface area contributed by atoms with Crippen molar-refractivity contribution in [3.63, 3.8) is 0 Å². The molecule has 4 heteroatoms. The number of methoxy groups -OCH3 is 2. The first-order valence-electron chi connectivity index (χ1n) is 7.05. The molecule has 2 aromatic rings. The number of rotatable bonds is 6. The summed E-state index contributed by atoms with van der Waals surface area (Å²) >= 11 is 0. The zero-order valence-corrected chi connectivity index (χ0v) is 13.2. The Kier molecular flexibility index (Phi) is 5.40. The molecule has 0 bridgehead atoms. The predicted octanol–water partition coefficient (Wildman–Crippen LogP) is 3.21. The van der Waals surface area contributed by atoms with E-state index in [-0.39, 0.29) is 0 Å². The summed E-state index contributed by atoms with van der Waals surface area (Å²) in [6.07, 6.45) is 0. The van der Waals surface area contributed by atoms with E-state index in [0.29, 0.717) is 6.54 Å². The number of benzene rings is 2. The number of hydrogen-bond acceptors (Lipinski definition) is 4. The third kappa shape index (κ3) is 3.78. The zero-order valence-electron chi connectivity index (χ0n) is 13.2. The Labute approximate surface area is 131 Å². The summed E-state index contributed by atoms with van der Waals surface area (Å²) in [7, 11) is 5.32. The summed E-state index contributed by atoms with van der Waals surface area (Å²) in [6, 6.07) is 15.7. The molecular formula is C18H20N2O2. The molecule has 0 radical (unpaired) electrons. The van der Waals surface area contributed by atoms with Gasteiger partial charge in [0.05, 0.1) is 25.9 Å². The summed E-state index contributed by atoms with van der Waals surface area (Å²) in [6.45, 7) is 1.44. The lowest BCUT2D eigenvalue weighted by Crippen LogP contribution is -2.18. The third-order valence-corrected chi connectivity index (χ3v) is 3.51. The van der Waals surface area contributed by atoms with Crippen molar-refractivity contribution in [3.05, 3.63) is 59.2 Å². The minimum absolute atomic E-state index is 0.707. The van der Waals surface area contributed by atoms with Gasteiger partial charge in [-0.25, -0.2) is 0 Å². The van der Waals surface area contributed by atoms with Gasteiger partial charge in [0.2, 0.25) is 0 Å². The molecule has 0 aliphatic carbocycles. The van der Waals surface area contributed by atoms with Crippen molar-refractivity contribution < 1.29 is 9.47 Å². The molecule has 0 saturated heterocycles. The molecule has 0 aromatic heterocycles. The molecule has 2 aromatic carbocycles. The average molecular weight is 296 g/mol. The second kappa shape index (κ2) is 7.48. The summed E-state index contributed by atoms with van der Waals surface area (Å²) in [5, 5.41) is 9.16. The highest BCUT2D eigenvalue weighted by atomic mass is 16.5. The highest BCUT2D eigenvalue weighted by Crippen LogP contribution is 2.26. The summed E-state index contributed by atoms with van der Waals surface area (Å²) in [5.41, 5.74) is 2.83. The minimum Gasteiger partial charge on any atom is -0.497 e. The maximum atomic E-state index is 9.16. The fourth-order valence-corrected chi connectivity index (χ4v) is 2.39. The molecule has 0 atom stereocenters. The van der Waals surface area contributed by atoms with Crippen LogP contribution >= 0.6 is 0 Å². The van der Waals surface area contributed by atoms with Crippen LogP contribution in [0.1, 0.15) is 16.7 Å². The molecule has 0 saturated carbocycles. The minimum atomic E-state index is 0.707. The van der Waals surface area contributed by atoms with Crippen LogP contribution in [-0.2, 0) is 13.1 Å². The Balaban J connectivity index is 2.12. The van der Waals surface area contributed by atoms with Gasteiger partial charge in [-0.2, -0.15) is 5.26 Å². The van der Waals surface area contributed by atoms with Crippen LogP contribution in [0, 0.1) is 11.3 Å². The molecule has 0 fully saturated rings. The van der Waals surface area contributed by atoms with Gasteiger partial charge in [-0.05, 0) is 24.7 Å². The molecular weight excluding hydrogens is 276 g/mol. The Morgan fingerprint density at radius 1 is 1.00 bits per heavy atom. The van der Waals surface area contributed by atoms with E-state index in [4.69, 9.17) is 14.7 Å². The van der Waals surface area contributed by atoms with Crippen molar-refractivity contribution in [2.24, 2.45) is 0 Å². The first-order chi connectivity index (χ1) is 10.7. The van der Waals surface area contributed by atoms with Crippen molar-refractivity contribution in [3.8, 4) is 17.6 Å². The molecule has 114 valence electrons. The first-order valence-corrected chi connectivity index (χ1v) is 7.05. The van der Waals surface area contributed by atoms with Gasteiger partial charge < -0.3 is 9.47 Å². The highest BCUT2D eigenvalue weighted by Gasteiger charge is 2.10. The monoisotopic (exact) mass is 296 g/mol. The Bertz CT molecular complexity index is 677. The second-order valence-electron chi connectivity index (χ2n) is 5.12. The highest BCUT2D eigenvalue weighted by molar-refractivity contribution is 5.41. The standard InChI is InChI=1S/C18H20N2O2/c1-20(12-15-7-5-4-6-14(15)11-19)13-16-8-9-17(21-2)10-18(16)22-3/h4-10H,12-13H2,1-3H3. The molecule has 4 nitrogen and oxygen atoms in total. The molecule has 22 heavy (non-hydrogen) atoms. The van der Waals surface area contributed by atoms with E-state index < -0.39 is 0 Å². The van der Waals surface area contributed by atoms with Gasteiger partial charge >= 0.3 is 0 Å². The van der Waals surface area contributed by atoms with Gasteiger partial charge in [0.1, 0.15) is 11.5 Å². The molecule has 0 spiro atoms. The zero-order chi connectivity index (χ0) is 15.9. The van der Waals surface area contributed by atoms with Crippen LogP contribution in [0.4, 0.5) is 0 Å². The van der Waals surface area contributed by atoms with Crippen LogP contribution in [-0.4, -0.2) is 26.2 Å². The van der Waals surface area contributed by atoms with Crippen molar-refractivity contribution >= 4 is 0 Å². The van der Waals surface area contributed by atoms with E-state index in [9.17, 15) is 0 Å². The fraction of sp³-hybridized carbons (Fsp3) is 0.278. The van der Waals surface area contributed by atoms with Gasteiger partial charge in [0.15, 0.2) is 0 Å². The molecule has 0 unspecified atom stereocenters. The molecule has 0 amide bonds. The van der Waals surface area contributed by atoms with E-state index in [0.717, 1.165) is 34.7 Å². The maximum Gasteiger partial charge on any atom is 0.127 e. The summed E-state index contributed by atoms with van der Waals surface area (Å²) in [5.74, 6) is 1.58. The molecule has 2 rings (SSSR count). The molecule has 0 N–H and O–H groups in total. The van der Waals surface area contributed by atoms with E-state index in [2.05, 4.69) is 11.0 Å². The molecule has 0 aliphatic rings. The van der Waals surface area contributed by atoms with Gasteiger partial charge in [-0.3, -0.25) is 4.90 Å². The number of ether oxygens (including phenoxy) is 2. The van der Waals surface area contributed by atoms with E-state index in [1.54, 1.807) is 14.2 Å². The van der Waals surface area contributed by atoms with Gasteiger partial charge in [-0.1, -0.05) is 24.3 Å². The maximum absolute atomic E-state index is 9.16. The van der Waals surface area contributed by atoms with Crippen molar-refractivity contribution in [1.82, 2.24) is 4.90 Å². The smallest absolute Gasteiger partial charge is 0.127 e. The Morgan fingerprint density at radius 2 is 1.73 bits per heavy atom. The normalized spacial score (nSPS) is 10.3. The van der Waals surface area contributed by atoms with Crippen molar-refractivity contribution in [1.29, 1.82) is 5.26 Å². The number of hydrogen-bond donors (Lipinski definition) is 0. The van der Waals surface area contributed by atoms with Crippen LogP contribution in [0.5, 0.6) is 11.5 Å². The lowest BCUT2D eigenvalue weighted by molar-refractivity contribution is 0.309. The fourth-order valence-electron chi connectivity index (χ4n) is 2.39. The lowest BCUT2D eigenvalue weighted by atomic mass is 10.1. The Morgan fingerprint density at radius 3 is 2.41 bits per heavy atom.